The van der Waals surface area contributed by atoms with E-state index in [0.29, 0.717) is 0 Å². The van der Waals surface area contributed by atoms with Gasteiger partial charge >= 0.3 is 0 Å². The Morgan fingerprint density at radius 3 is 1.83 bits per heavy atom. The average molecular weight is 340 g/mol. The predicted octanol–water partition coefficient (Wildman–Crippen LogP) is 4.81. The van der Waals surface area contributed by atoms with E-state index in [4.69, 9.17) is 4.43 Å². The van der Waals surface area contributed by atoms with E-state index < -0.39 is 8.32 Å². The van der Waals surface area contributed by atoms with Gasteiger partial charge in [0.25, 0.3) is 8.32 Å². The van der Waals surface area contributed by atoms with Crippen LogP contribution in [0.5, 0.6) is 0 Å². The predicted molar refractivity (Wildman–Crippen MR) is 107 cm³/mol. The zero-order valence-corrected chi connectivity index (χ0v) is 16.4. The first-order chi connectivity index (χ1) is 11.5. The Morgan fingerprint density at radius 2 is 1.42 bits per heavy atom. The standard InChI is InChI=1S/C22H31OSi/c1-5-6-19-24(20-13-9-7-10-14-20,21-15-11-8-12-16-21)23-18-17-22(2,3)4/h7-16H,2,5-6,17-19H2,1,3-4H3. The fourth-order valence-corrected chi connectivity index (χ4v) is 7.19. The van der Waals surface area contributed by atoms with Gasteiger partial charge in [-0.1, -0.05) is 94.3 Å². The summed E-state index contributed by atoms with van der Waals surface area (Å²) in [4.78, 5) is 0. The maximum Gasteiger partial charge on any atom is 0.255 e. The van der Waals surface area contributed by atoms with Crippen LogP contribution in [-0.2, 0) is 4.43 Å². The molecule has 0 atom stereocenters. The van der Waals surface area contributed by atoms with Crippen LogP contribution in [0, 0.1) is 12.3 Å². The minimum atomic E-state index is -2.20. The number of hydrogen-bond donors (Lipinski definition) is 0. The second-order valence-electron chi connectivity index (χ2n) is 7.43. The van der Waals surface area contributed by atoms with E-state index in [9.17, 15) is 0 Å². The Hall–Kier alpha value is -1.38. The minimum absolute atomic E-state index is 0.0538. The second-order valence-corrected chi connectivity index (χ2v) is 11.0. The second kappa shape index (κ2) is 8.64. The number of rotatable bonds is 9. The van der Waals surface area contributed by atoms with Gasteiger partial charge in [-0.2, -0.15) is 0 Å². The Balaban J connectivity index is 2.40. The molecule has 0 saturated heterocycles. The summed E-state index contributed by atoms with van der Waals surface area (Å²) in [7, 11) is -2.20. The lowest BCUT2D eigenvalue weighted by molar-refractivity contribution is 0.256. The van der Waals surface area contributed by atoms with Crippen molar-refractivity contribution in [1.29, 1.82) is 0 Å². The van der Waals surface area contributed by atoms with Crippen LogP contribution in [0.25, 0.3) is 0 Å². The molecule has 0 fully saturated rings. The Kier molecular flexibility index (Phi) is 6.82. The van der Waals surface area contributed by atoms with Gasteiger partial charge < -0.3 is 4.43 Å². The van der Waals surface area contributed by atoms with Gasteiger partial charge in [0.05, 0.1) is 0 Å². The van der Waals surface area contributed by atoms with Crippen LogP contribution >= 0.6 is 0 Å². The molecule has 0 aromatic heterocycles. The van der Waals surface area contributed by atoms with E-state index in [1.165, 1.54) is 23.2 Å². The number of benzene rings is 2. The molecule has 0 aliphatic heterocycles. The molecule has 0 aliphatic rings. The third kappa shape index (κ3) is 5.06. The highest BCUT2D eigenvalue weighted by atomic mass is 28.4. The Morgan fingerprint density at radius 1 is 0.917 bits per heavy atom. The molecule has 2 aromatic carbocycles. The van der Waals surface area contributed by atoms with Gasteiger partial charge in [-0.25, -0.2) is 0 Å². The molecule has 0 N–H and O–H groups in total. The molecule has 0 amide bonds. The monoisotopic (exact) mass is 339 g/mol. The lowest BCUT2D eigenvalue weighted by atomic mass is 9.93. The lowest BCUT2D eigenvalue weighted by Crippen LogP contribution is -2.61. The average Bonchev–Trinajstić information content (AvgIpc) is 2.58. The van der Waals surface area contributed by atoms with Gasteiger partial charge in [0.1, 0.15) is 0 Å². The van der Waals surface area contributed by atoms with Crippen molar-refractivity contribution in [2.75, 3.05) is 6.61 Å². The Bertz CT molecular complexity index is 547. The van der Waals surface area contributed by atoms with Crippen molar-refractivity contribution < 1.29 is 4.43 Å². The molecule has 0 bridgehead atoms. The molecular formula is C22H31OSi. The van der Waals surface area contributed by atoms with Crippen molar-refractivity contribution in [1.82, 2.24) is 0 Å². The first kappa shape index (κ1) is 18.9. The summed E-state index contributed by atoms with van der Waals surface area (Å²) < 4.78 is 6.78. The molecule has 129 valence electrons. The van der Waals surface area contributed by atoms with Crippen molar-refractivity contribution in [2.24, 2.45) is 5.41 Å². The highest BCUT2D eigenvalue weighted by molar-refractivity contribution is 6.97. The third-order valence-electron chi connectivity index (χ3n) is 4.49. The fourth-order valence-electron chi connectivity index (χ4n) is 3.04. The zero-order valence-electron chi connectivity index (χ0n) is 15.4. The maximum atomic E-state index is 6.78. The summed E-state index contributed by atoms with van der Waals surface area (Å²) >= 11 is 0. The van der Waals surface area contributed by atoms with E-state index in [2.05, 4.69) is 88.4 Å². The van der Waals surface area contributed by atoms with Crippen molar-refractivity contribution in [3.8, 4) is 0 Å². The Labute approximate surface area is 149 Å². The summed E-state index contributed by atoms with van der Waals surface area (Å²) in [6.07, 6.45) is 3.37. The molecule has 0 aliphatic carbocycles. The van der Waals surface area contributed by atoms with Gasteiger partial charge in [-0.3, -0.25) is 0 Å². The van der Waals surface area contributed by atoms with E-state index in [-0.39, 0.29) is 5.41 Å². The summed E-state index contributed by atoms with van der Waals surface area (Å²) in [5.41, 5.74) is 0.0538. The smallest absolute Gasteiger partial charge is 0.255 e. The van der Waals surface area contributed by atoms with E-state index in [1.807, 2.05) is 0 Å². The molecule has 24 heavy (non-hydrogen) atoms. The lowest BCUT2D eigenvalue weighted by Gasteiger charge is -2.34. The SMILES string of the molecule is [CH2]C(C)(C)CCO[Si](CCCC)(c1ccccc1)c1ccccc1. The molecular weight excluding hydrogens is 308 g/mol. The molecule has 1 nitrogen and oxygen atoms in total. The zero-order chi connectivity index (χ0) is 17.5. The largest absolute Gasteiger partial charge is 0.408 e. The van der Waals surface area contributed by atoms with Gasteiger partial charge in [0, 0.05) is 6.61 Å². The molecule has 0 saturated carbocycles. The van der Waals surface area contributed by atoms with E-state index in [1.54, 1.807) is 0 Å². The highest BCUT2D eigenvalue weighted by Crippen LogP contribution is 2.22. The maximum absolute atomic E-state index is 6.78. The molecule has 2 heteroatoms. The van der Waals surface area contributed by atoms with Crippen LogP contribution in [0.15, 0.2) is 60.7 Å². The number of hydrogen-bond acceptors (Lipinski definition) is 1. The molecule has 2 rings (SSSR count). The quantitative estimate of drug-likeness (QED) is 0.596. The van der Waals surface area contributed by atoms with Gasteiger partial charge in [-0.05, 0) is 35.2 Å². The summed E-state index contributed by atoms with van der Waals surface area (Å²) in [6.45, 7) is 11.6. The van der Waals surface area contributed by atoms with Crippen LogP contribution in [0.4, 0.5) is 0 Å². The molecule has 2 aromatic rings. The normalized spacial score (nSPS) is 12.3. The molecule has 0 heterocycles. The van der Waals surface area contributed by atoms with Crippen molar-refractivity contribution in [3.05, 3.63) is 67.6 Å². The van der Waals surface area contributed by atoms with E-state index >= 15 is 0 Å². The van der Waals surface area contributed by atoms with Gasteiger partial charge in [-0.15, -0.1) is 0 Å². The van der Waals surface area contributed by atoms with Crippen LogP contribution < -0.4 is 10.4 Å². The minimum Gasteiger partial charge on any atom is -0.408 e. The van der Waals surface area contributed by atoms with Crippen LogP contribution in [0.2, 0.25) is 6.04 Å². The third-order valence-corrected chi connectivity index (χ3v) is 8.78. The van der Waals surface area contributed by atoms with Crippen molar-refractivity contribution in [2.45, 2.75) is 46.1 Å². The van der Waals surface area contributed by atoms with Gasteiger partial charge in [0.15, 0.2) is 0 Å². The van der Waals surface area contributed by atoms with E-state index in [0.717, 1.165) is 19.1 Å². The van der Waals surface area contributed by atoms with Crippen LogP contribution in [0.1, 0.15) is 40.0 Å². The summed E-state index contributed by atoms with van der Waals surface area (Å²) in [6, 6.07) is 22.9. The highest BCUT2D eigenvalue weighted by Gasteiger charge is 2.39. The molecule has 0 unspecified atom stereocenters. The van der Waals surface area contributed by atoms with Crippen molar-refractivity contribution in [3.63, 3.8) is 0 Å². The molecule has 1 radical (unpaired) electrons. The summed E-state index contributed by atoms with van der Waals surface area (Å²) in [5, 5.41) is 2.76. The van der Waals surface area contributed by atoms with Gasteiger partial charge in [0.2, 0.25) is 0 Å². The first-order valence-corrected chi connectivity index (χ1v) is 11.2. The molecule has 0 spiro atoms. The topological polar surface area (TPSA) is 9.23 Å². The van der Waals surface area contributed by atoms with Crippen LogP contribution in [-0.4, -0.2) is 14.9 Å². The fraction of sp³-hybridized carbons (Fsp3) is 0.409. The first-order valence-electron chi connectivity index (χ1n) is 9.08. The summed E-state index contributed by atoms with van der Waals surface area (Å²) in [5.74, 6) is 0. The van der Waals surface area contributed by atoms with Crippen molar-refractivity contribution >= 4 is 18.7 Å². The number of unbranched alkanes of at least 4 members (excludes halogenated alkanes) is 1. The van der Waals surface area contributed by atoms with Crippen LogP contribution in [0.3, 0.4) is 0 Å².